The van der Waals surface area contributed by atoms with Crippen LogP contribution < -0.4 is 4.74 Å². The number of fused-ring (bicyclic) bond motifs is 1. The summed E-state index contributed by atoms with van der Waals surface area (Å²) in [6.45, 7) is 5.71. The molecule has 1 amide bonds. The number of ether oxygens (including phenoxy) is 1. The minimum Gasteiger partial charge on any atom is -0.484 e. The van der Waals surface area contributed by atoms with Crippen molar-refractivity contribution in [2.45, 2.75) is 19.9 Å². The van der Waals surface area contributed by atoms with E-state index in [2.05, 4.69) is 11.0 Å². The number of carbonyl (C=O) groups is 2. The zero-order valence-corrected chi connectivity index (χ0v) is 17.9. The van der Waals surface area contributed by atoms with E-state index in [4.69, 9.17) is 9.72 Å². The van der Waals surface area contributed by atoms with Gasteiger partial charge in [0.1, 0.15) is 10.8 Å². The van der Waals surface area contributed by atoms with Gasteiger partial charge in [-0.25, -0.2) is 4.98 Å². The monoisotopic (exact) mass is 423 g/mol. The van der Waals surface area contributed by atoms with Gasteiger partial charge in [0.05, 0.1) is 16.8 Å². The van der Waals surface area contributed by atoms with Crippen molar-refractivity contribution in [2.24, 2.45) is 0 Å². The fourth-order valence-corrected chi connectivity index (χ4v) is 4.52. The van der Waals surface area contributed by atoms with Gasteiger partial charge in [0, 0.05) is 38.2 Å². The van der Waals surface area contributed by atoms with Crippen LogP contribution in [0, 0.1) is 0 Å². The molecular formula is C23H25N3O3S. The second-order valence-corrected chi connectivity index (χ2v) is 8.44. The molecule has 2 heterocycles. The molecule has 1 aromatic heterocycles. The lowest BCUT2D eigenvalue weighted by molar-refractivity contribution is -0.135. The van der Waals surface area contributed by atoms with Crippen molar-refractivity contribution in [3.05, 3.63) is 59.1 Å². The average molecular weight is 424 g/mol. The van der Waals surface area contributed by atoms with Crippen molar-refractivity contribution in [3.63, 3.8) is 0 Å². The molecule has 0 aliphatic carbocycles. The molecule has 3 aromatic rings. The topological polar surface area (TPSA) is 62.7 Å². The molecule has 156 valence electrons. The first-order valence-corrected chi connectivity index (χ1v) is 11.0. The van der Waals surface area contributed by atoms with Crippen molar-refractivity contribution < 1.29 is 14.3 Å². The second kappa shape index (κ2) is 9.36. The summed E-state index contributed by atoms with van der Waals surface area (Å²) in [5.41, 5.74) is 1.72. The summed E-state index contributed by atoms with van der Waals surface area (Å²) in [4.78, 5) is 33.1. The van der Waals surface area contributed by atoms with Crippen molar-refractivity contribution in [1.82, 2.24) is 14.8 Å². The lowest BCUT2D eigenvalue weighted by Gasteiger charge is -2.34. The van der Waals surface area contributed by atoms with Crippen LogP contribution in [0.15, 0.2) is 48.5 Å². The number of piperazine rings is 1. The largest absolute Gasteiger partial charge is 0.484 e. The first kappa shape index (κ1) is 20.5. The Kier molecular flexibility index (Phi) is 6.40. The molecule has 1 aliphatic rings. The van der Waals surface area contributed by atoms with Crippen molar-refractivity contribution in [2.75, 3.05) is 32.8 Å². The van der Waals surface area contributed by atoms with Crippen LogP contribution in [0.25, 0.3) is 10.2 Å². The van der Waals surface area contributed by atoms with Crippen molar-refractivity contribution in [1.29, 1.82) is 0 Å². The van der Waals surface area contributed by atoms with Gasteiger partial charge in [-0.15, -0.1) is 11.3 Å². The maximum Gasteiger partial charge on any atom is 0.260 e. The molecule has 6 nitrogen and oxygen atoms in total. The Morgan fingerprint density at radius 2 is 1.77 bits per heavy atom. The number of amides is 1. The summed E-state index contributed by atoms with van der Waals surface area (Å²) in [5.74, 6) is 0.690. The van der Waals surface area contributed by atoms with Crippen molar-refractivity contribution >= 4 is 33.2 Å². The molecule has 0 spiro atoms. The standard InChI is InChI=1S/C23H25N3O3S/c1-2-20(27)17-7-9-18(10-8-17)29-16-23(28)26-13-11-25(12-14-26)15-22-24-19-5-3-4-6-21(19)30-22/h3-10H,2,11-16H2,1H3. The number of Topliss-reactive ketones (excluding diaryl/α,β-unsaturated/α-hetero) is 1. The van der Waals surface area contributed by atoms with Gasteiger partial charge < -0.3 is 9.64 Å². The molecule has 0 unspecified atom stereocenters. The van der Waals surface area contributed by atoms with Gasteiger partial charge in [-0.1, -0.05) is 19.1 Å². The van der Waals surface area contributed by atoms with Crippen LogP contribution in [0.2, 0.25) is 0 Å². The number of benzene rings is 2. The Bertz CT molecular complexity index is 991. The summed E-state index contributed by atoms with van der Waals surface area (Å²) in [6.07, 6.45) is 0.476. The van der Waals surface area contributed by atoms with Crippen LogP contribution >= 0.6 is 11.3 Å². The average Bonchev–Trinajstić information content (AvgIpc) is 3.20. The van der Waals surface area contributed by atoms with Crippen LogP contribution in [-0.2, 0) is 11.3 Å². The van der Waals surface area contributed by atoms with E-state index in [1.165, 1.54) is 4.70 Å². The molecule has 1 fully saturated rings. The Hall–Kier alpha value is -2.77. The number of rotatable bonds is 7. The minimum atomic E-state index is -0.0108. The van der Waals surface area contributed by atoms with Gasteiger partial charge in [-0.3, -0.25) is 14.5 Å². The zero-order valence-electron chi connectivity index (χ0n) is 17.0. The van der Waals surface area contributed by atoms with Gasteiger partial charge >= 0.3 is 0 Å². The van der Waals surface area contributed by atoms with Gasteiger partial charge in [0.2, 0.25) is 0 Å². The predicted octanol–water partition coefficient (Wildman–Crippen LogP) is 3.61. The molecule has 1 aliphatic heterocycles. The number of hydrogen-bond donors (Lipinski definition) is 0. The fourth-order valence-electron chi connectivity index (χ4n) is 3.51. The maximum atomic E-state index is 12.5. The number of nitrogens with zero attached hydrogens (tertiary/aromatic N) is 3. The number of ketones is 1. The van der Waals surface area contributed by atoms with Crippen LogP contribution in [0.1, 0.15) is 28.7 Å². The summed E-state index contributed by atoms with van der Waals surface area (Å²) >= 11 is 1.73. The quantitative estimate of drug-likeness (QED) is 0.543. The third kappa shape index (κ3) is 4.86. The number of aromatic nitrogens is 1. The van der Waals surface area contributed by atoms with E-state index >= 15 is 0 Å². The highest BCUT2D eigenvalue weighted by atomic mass is 32.1. The molecule has 30 heavy (non-hydrogen) atoms. The van der Waals surface area contributed by atoms with E-state index in [0.717, 1.165) is 30.2 Å². The van der Waals surface area contributed by atoms with E-state index in [9.17, 15) is 9.59 Å². The molecule has 0 bridgehead atoms. The van der Waals surface area contributed by atoms with E-state index in [0.29, 0.717) is 30.8 Å². The van der Waals surface area contributed by atoms with Gasteiger partial charge in [0.15, 0.2) is 12.4 Å². The summed E-state index contributed by atoms with van der Waals surface area (Å²) in [7, 11) is 0. The molecule has 1 saturated heterocycles. The SMILES string of the molecule is CCC(=O)c1ccc(OCC(=O)N2CCN(Cc3nc4ccccc4s3)CC2)cc1. The molecular weight excluding hydrogens is 398 g/mol. The molecule has 2 aromatic carbocycles. The van der Waals surface area contributed by atoms with Crippen LogP contribution in [0.5, 0.6) is 5.75 Å². The maximum absolute atomic E-state index is 12.5. The summed E-state index contributed by atoms with van der Waals surface area (Å²) in [6, 6.07) is 15.2. The Labute approximate surface area is 180 Å². The minimum absolute atomic E-state index is 0.0108. The molecule has 0 atom stereocenters. The first-order valence-electron chi connectivity index (χ1n) is 10.2. The second-order valence-electron chi connectivity index (χ2n) is 7.32. The Morgan fingerprint density at radius 1 is 1.03 bits per heavy atom. The lowest BCUT2D eigenvalue weighted by Crippen LogP contribution is -2.49. The molecule has 4 rings (SSSR count). The number of hydrogen-bond acceptors (Lipinski definition) is 6. The number of carbonyl (C=O) groups excluding carboxylic acids is 2. The van der Waals surface area contributed by atoms with E-state index in [1.54, 1.807) is 35.6 Å². The van der Waals surface area contributed by atoms with Crippen LogP contribution in [0.4, 0.5) is 0 Å². The van der Waals surface area contributed by atoms with Crippen LogP contribution in [-0.4, -0.2) is 59.3 Å². The highest BCUT2D eigenvalue weighted by Gasteiger charge is 2.22. The molecule has 0 radical (unpaired) electrons. The highest BCUT2D eigenvalue weighted by molar-refractivity contribution is 7.18. The van der Waals surface area contributed by atoms with Gasteiger partial charge in [0.25, 0.3) is 5.91 Å². The highest BCUT2D eigenvalue weighted by Crippen LogP contribution is 2.23. The Balaban J connectivity index is 1.23. The summed E-state index contributed by atoms with van der Waals surface area (Å²) < 4.78 is 6.83. The third-order valence-electron chi connectivity index (χ3n) is 5.28. The van der Waals surface area contributed by atoms with E-state index in [-0.39, 0.29) is 18.3 Å². The normalized spacial score (nSPS) is 14.8. The molecule has 0 N–H and O–H groups in total. The van der Waals surface area contributed by atoms with Crippen LogP contribution in [0.3, 0.4) is 0 Å². The smallest absolute Gasteiger partial charge is 0.260 e. The first-order chi connectivity index (χ1) is 14.6. The van der Waals surface area contributed by atoms with Gasteiger partial charge in [-0.2, -0.15) is 0 Å². The lowest BCUT2D eigenvalue weighted by atomic mass is 10.1. The fraction of sp³-hybridized carbons (Fsp3) is 0.348. The molecule has 0 saturated carbocycles. The molecule has 7 heteroatoms. The third-order valence-corrected chi connectivity index (χ3v) is 6.30. The number of thiazole rings is 1. The predicted molar refractivity (Wildman–Crippen MR) is 118 cm³/mol. The zero-order chi connectivity index (χ0) is 20.9. The van der Waals surface area contributed by atoms with E-state index < -0.39 is 0 Å². The van der Waals surface area contributed by atoms with Crippen molar-refractivity contribution in [3.8, 4) is 5.75 Å². The van der Waals surface area contributed by atoms with E-state index in [1.807, 2.05) is 30.0 Å². The number of para-hydroxylation sites is 1. The summed E-state index contributed by atoms with van der Waals surface area (Å²) in [5, 5.41) is 1.12. The Morgan fingerprint density at radius 3 is 2.47 bits per heavy atom. The van der Waals surface area contributed by atoms with Gasteiger partial charge in [-0.05, 0) is 36.4 Å².